The van der Waals surface area contributed by atoms with Crippen LogP contribution in [0, 0.1) is 11.8 Å². The molecule has 0 unspecified atom stereocenters. The third-order valence-corrected chi connectivity index (χ3v) is 6.33. The smallest absolute Gasteiger partial charge is 0.131 e. The molecule has 0 atom stereocenters. The normalized spacial score (nSPS) is 10.9. The van der Waals surface area contributed by atoms with Crippen LogP contribution in [0.2, 0.25) is 0 Å². The number of anilines is 3. The highest BCUT2D eigenvalue weighted by atomic mass is 32.1. The minimum absolute atomic E-state index is 0.404. The first-order valence-corrected chi connectivity index (χ1v) is 10.8. The van der Waals surface area contributed by atoms with Crippen molar-refractivity contribution >= 4 is 44.3 Å². The number of fused-ring (bicyclic) bond motifs is 1. The second-order valence-electron chi connectivity index (χ2n) is 7.24. The average Bonchev–Trinajstić information content (AvgIpc) is 3.26. The van der Waals surface area contributed by atoms with Gasteiger partial charge in [-0.15, -0.1) is 16.2 Å². The van der Waals surface area contributed by atoms with Gasteiger partial charge in [0.1, 0.15) is 10.7 Å². The summed E-state index contributed by atoms with van der Waals surface area (Å²) in [4.78, 5) is 18.4. The van der Waals surface area contributed by atoms with Crippen molar-refractivity contribution < 1.29 is 0 Å². The van der Waals surface area contributed by atoms with Crippen molar-refractivity contribution in [3.05, 3.63) is 108 Å². The van der Waals surface area contributed by atoms with E-state index in [4.69, 9.17) is 4.98 Å². The van der Waals surface area contributed by atoms with Crippen LogP contribution in [0.1, 0.15) is 5.56 Å². The molecule has 5 heteroatoms. The number of thiazole rings is 1. The molecule has 0 N–H and O–H groups in total. The van der Waals surface area contributed by atoms with E-state index in [-0.39, 0.29) is 0 Å². The molecule has 1 heterocycles. The summed E-state index contributed by atoms with van der Waals surface area (Å²) >= 11 is 1.68. The number of hydrogen-bond donors (Lipinski definition) is 0. The van der Waals surface area contributed by atoms with Crippen molar-refractivity contribution in [3.63, 3.8) is 0 Å². The van der Waals surface area contributed by atoms with Crippen LogP contribution in [0.3, 0.4) is 0 Å². The van der Waals surface area contributed by atoms with Gasteiger partial charge in [0.15, 0.2) is 0 Å². The summed E-state index contributed by atoms with van der Waals surface area (Å²) < 4.78 is 1.18. The summed E-state index contributed by atoms with van der Waals surface area (Å²) in [6.45, 7) is 2.06. The zero-order valence-electron chi connectivity index (χ0n) is 16.9. The van der Waals surface area contributed by atoms with Gasteiger partial charge in [-0.25, -0.2) is 4.98 Å². The fraction of sp³-hybridized carbons (Fsp3) is 0.0385. The Morgan fingerprint density at radius 3 is 2.19 bits per heavy atom. The van der Waals surface area contributed by atoms with Gasteiger partial charge >= 0.3 is 0 Å². The Bertz CT molecular complexity index is 1340. The lowest BCUT2D eigenvalue weighted by atomic mass is 10.1. The average molecular weight is 422 g/mol. The Morgan fingerprint density at radius 1 is 0.774 bits per heavy atom. The summed E-state index contributed by atoms with van der Waals surface area (Å²) in [7, 11) is 0. The molecule has 0 saturated carbocycles. The van der Waals surface area contributed by atoms with Gasteiger partial charge in [0.05, 0.1) is 15.9 Å². The van der Waals surface area contributed by atoms with Gasteiger partial charge in [-0.05, 0) is 72.3 Å². The number of nitrogens with zero attached hydrogens (tertiary/aromatic N) is 3. The predicted octanol–water partition coefficient (Wildman–Crippen LogP) is 8.14. The van der Waals surface area contributed by atoms with Crippen molar-refractivity contribution in [3.8, 4) is 10.6 Å². The van der Waals surface area contributed by atoms with E-state index >= 15 is 0 Å². The highest BCUT2D eigenvalue weighted by Crippen LogP contribution is 2.42. The van der Waals surface area contributed by atoms with Gasteiger partial charge in [-0.1, -0.05) is 42.5 Å². The molecule has 150 valence electrons. The van der Waals surface area contributed by atoms with E-state index in [1.165, 1.54) is 4.70 Å². The van der Waals surface area contributed by atoms with E-state index in [0.717, 1.165) is 38.7 Å². The first kappa shape index (κ1) is 19.2. The molecule has 0 amide bonds. The van der Waals surface area contributed by atoms with Gasteiger partial charge in [0, 0.05) is 16.9 Å². The van der Waals surface area contributed by atoms with Gasteiger partial charge in [0.2, 0.25) is 0 Å². The monoisotopic (exact) mass is 421 g/mol. The molecule has 31 heavy (non-hydrogen) atoms. The van der Waals surface area contributed by atoms with Crippen LogP contribution in [0.15, 0.2) is 102 Å². The Labute approximate surface area is 184 Å². The van der Waals surface area contributed by atoms with Crippen LogP contribution in [0.5, 0.6) is 0 Å². The predicted molar refractivity (Wildman–Crippen MR) is 130 cm³/mol. The molecule has 5 rings (SSSR count). The molecule has 4 aromatic carbocycles. The topological polar surface area (TPSA) is 45.6 Å². The quantitative estimate of drug-likeness (QED) is 0.269. The molecule has 0 bridgehead atoms. The van der Waals surface area contributed by atoms with Crippen molar-refractivity contribution in [2.24, 2.45) is 5.18 Å². The molecule has 0 aliphatic heterocycles. The maximum atomic E-state index is 11.5. The van der Waals surface area contributed by atoms with E-state index in [1.54, 1.807) is 17.4 Å². The number of hydrogen-bond acceptors (Lipinski definition) is 5. The van der Waals surface area contributed by atoms with Gasteiger partial charge in [-0.3, -0.25) is 0 Å². The summed E-state index contributed by atoms with van der Waals surface area (Å²) in [5.41, 5.74) is 6.30. The highest BCUT2D eigenvalue weighted by Gasteiger charge is 2.18. The Hall–Kier alpha value is -3.83. The second-order valence-corrected chi connectivity index (χ2v) is 8.27. The largest absolute Gasteiger partial charge is 0.308 e. The molecule has 0 radical (unpaired) electrons. The summed E-state index contributed by atoms with van der Waals surface area (Å²) in [5, 5.41) is 4.25. The molecule has 5 aromatic rings. The zero-order valence-corrected chi connectivity index (χ0v) is 17.7. The molecular formula is C26H19N3OS. The van der Waals surface area contributed by atoms with Gasteiger partial charge in [0.25, 0.3) is 0 Å². The van der Waals surface area contributed by atoms with Gasteiger partial charge in [-0.2, -0.15) is 0 Å². The maximum Gasteiger partial charge on any atom is 0.131 e. The van der Waals surface area contributed by atoms with E-state index in [0.29, 0.717) is 5.69 Å². The molecule has 0 spiro atoms. The fourth-order valence-corrected chi connectivity index (χ4v) is 4.67. The number of rotatable bonds is 5. The van der Waals surface area contributed by atoms with E-state index in [1.807, 2.05) is 48.5 Å². The summed E-state index contributed by atoms with van der Waals surface area (Å²) in [6.07, 6.45) is 0. The van der Waals surface area contributed by atoms with Crippen LogP contribution >= 0.6 is 11.3 Å². The SMILES string of the molecule is Cc1ccccc1N(c1ccc(-c2nc3ccccc3s2)cc1)c1ccccc1N=O. The minimum Gasteiger partial charge on any atom is -0.308 e. The van der Waals surface area contributed by atoms with Crippen molar-refractivity contribution in [2.75, 3.05) is 4.90 Å². The molecular weight excluding hydrogens is 402 g/mol. The minimum atomic E-state index is 0.404. The lowest BCUT2D eigenvalue weighted by Gasteiger charge is -2.27. The van der Waals surface area contributed by atoms with Crippen LogP contribution in [-0.2, 0) is 0 Å². The molecule has 1 aromatic heterocycles. The van der Waals surface area contributed by atoms with Crippen molar-refractivity contribution in [1.29, 1.82) is 0 Å². The second kappa shape index (κ2) is 8.13. The van der Waals surface area contributed by atoms with Crippen molar-refractivity contribution in [2.45, 2.75) is 6.92 Å². The van der Waals surface area contributed by atoms with Crippen LogP contribution in [-0.4, -0.2) is 4.98 Å². The standard InChI is InChI=1S/C26H19N3OS/c1-18-8-2-5-11-23(18)29(24-12-6-3-9-21(24)28-30)20-16-14-19(15-17-20)26-27-22-10-4-7-13-25(22)31-26/h2-17H,1H3. The number of benzene rings is 4. The summed E-state index contributed by atoms with van der Waals surface area (Å²) in [6, 6.07) is 32.0. The molecule has 4 nitrogen and oxygen atoms in total. The van der Waals surface area contributed by atoms with Crippen LogP contribution < -0.4 is 4.90 Å². The molecule has 0 fully saturated rings. The van der Waals surface area contributed by atoms with Crippen molar-refractivity contribution in [1.82, 2.24) is 4.98 Å². The highest BCUT2D eigenvalue weighted by molar-refractivity contribution is 7.21. The molecule has 0 saturated heterocycles. The third kappa shape index (κ3) is 3.60. The first-order chi connectivity index (χ1) is 15.2. The van der Waals surface area contributed by atoms with E-state index < -0.39 is 0 Å². The van der Waals surface area contributed by atoms with Gasteiger partial charge < -0.3 is 4.90 Å². The third-order valence-electron chi connectivity index (χ3n) is 5.24. The lowest BCUT2D eigenvalue weighted by molar-refractivity contribution is 1.24. The fourth-order valence-electron chi connectivity index (χ4n) is 3.70. The molecule has 0 aliphatic carbocycles. The number of nitroso groups, excluding NO2 is 1. The lowest BCUT2D eigenvalue weighted by Crippen LogP contribution is -2.11. The maximum absolute atomic E-state index is 11.5. The Morgan fingerprint density at radius 2 is 1.45 bits per heavy atom. The first-order valence-electron chi connectivity index (χ1n) is 9.99. The van der Waals surface area contributed by atoms with E-state index in [2.05, 4.69) is 59.5 Å². The zero-order chi connectivity index (χ0) is 21.2. The van der Waals surface area contributed by atoms with E-state index in [9.17, 15) is 4.91 Å². The summed E-state index contributed by atoms with van der Waals surface area (Å²) in [5.74, 6) is 0. The number of aromatic nitrogens is 1. The molecule has 0 aliphatic rings. The number of para-hydroxylation sites is 3. The van der Waals surface area contributed by atoms with Crippen LogP contribution in [0.4, 0.5) is 22.7 Å². The Kier molecular flexibility index (Phi) is 5.02. The number of aryl methyl sites for hydroxylation is 1. The Balaban J connectivity index is 1.61. The van der Waals surface area contributed by atoms with Crippen LogP contribution in [0.25, 0.3) is 20.8 Å².